The molecule has 0 N–H and O–H groups in total. The normalized spacial score (nSPS) is 11.0. The van der Waals surface area contributed by atoms with Gasteiger partial charge >= 0.3 is 0 Å². The molecule has 2 aromatic carbocycles. The summed E-state index contributed by atoms with van der Waals surface area (Å²) >= 11 is 1.45. The van der Waals surface area contributed by atoms with Gasteiger partial charge in [0.25, 0.3) is 0 Å². The van der Waals surface area contributed by atoms with Crippen LogP contribution in [-0.2, 0) is 12.2 Å². The summed E-state index contributed by atoms with van der Waals surface area (Å²) in [5.41, 5.74) is 4.29. The SMILES string of the molecule is CCc1ccc(-c2noc(CSc3nnnn3-c3cccc(C)c3)n2)cc1. The first kappa shape index (κ1) is 17.4. The van der Waals surface area contributed by atoms with Crippen LogP contribution in [0.1, 0.15) is 23.9 Å². The molecular weight excluding hydrogens is 360 g/mol. The van der Waals surface area contributed by atoms with Crippen molar-refractivity contribution in [2.24, 2.45) is 0 Å². The first-order valence-corrected chi connectivity index (χ1v) is 9.61. The van der Waals surface area contributed by atoms with Gasteiger partial charge in [0.05, 0.1) is 11.4 Å². The minimum Gasteiger partial charge on any atom is -0.338 e. The lowest BCUT2D eigenvalue weighted by atomic mass is 10.1. The zero-order chi connectivity index (χ0) is 18.6. The van der Waals surface area contributed by atoms with E-state index in [1.54, 1.807) is 4.68 Å². The first-order valence-electron chi connectivity index (χ1n) is 8.63. The van der Waals surface area contributed by atoms with E-state index in [0.29, 0.717) is 22.6 Å². The van der Waals surface area contributed by atoms with Gasteiger partial charge in [-0.2, -0.15) is 9.67 Å². The fraction of sp³-hybridized carbons (Fsp3) is 0.211. The van der Waals surface area contributed by atoms with Crippen molar-refractivity contribution in [2.75, 3.05) is 0 Å². The largest absolute Gasteiger partial charge is 0.338 e. The van der Waals surface area contributed by atoms with E-state index >= 15 is 0 Å². The molecule has 0 aliphatic rings. The molecule has 0 fully saturated rings. The molecule has 8 heteroatoms. The Morgan fingerprint density at radius 3 is 2.74 bits per heavy atom. The Bertz CT molecular complexity index is 1040. The molecule has 7 nitrogen and oxygen atoms in total. The third kappa shape index (κ3) is 3.90. The lowest BCUT2D eigenvalue weighted by Gasteiger charge is -2.03. The second kappa shape index (κ2) is 7.71. The van der Waals surface area contributed by atoms with Crippen LogP contribution in [0.4, 0.5) is 0 Å². The fourth-order valence-electron chi connectivity index (χ4n) is 2.64. The Balaban J connectivity index is 1.47. The summed E-state index contributed by atoms with van der Waals surface area (Å²) in [6.45, 7) is 4.16. The van der Waals surface area contributed by atoms with E-state index in [9.17, 15) is 0 Å². The maximum Gasteiger partial charge on any atom is 0.237 e. The zero-order valence-corrected chi connectivity index (χ0v) is 15.8. The monoisotopic (exact) mass is 378 g/mol. The first-order chi connectivity index (χ1) is 13.2. The molecule has 0 radical (unpaired) electrons. The van der Waals surface area contributed by atoms with Gasteiger partial charge in [-0.05, 0) is 47.0 Å². The highest BCUT2D eigenvalue weighted by Crippen LogP contribution is 2.24. The van der Waals surface area contributed by atoms with Crippen LogP contribution < -0.4 is 0 Å². The summed E-state index contributed by atoms with van der Waals surface area (Å²) in [6.07, 6.45) is 1.00. The molecule has 27 heavy (non-hydrogen) atoms. The van der Waals surface area contributed by atoms with Crippen molar-refractivity contribution in [1.29, 1.82) is 0 Å². The van der Waals surface area contributed by atoms with Crippen LogP contribution in [-0.4, -0.2) is 30.3 Å². The van der Waals surface area contributed by atoms with E-state index in [2.05, 4.69) is 44.7 Å². The highest BCUT2D eigenvalue weighted by atomic mass is 32.2. The second-order valence-electron chi connectivity index (χ2n) is 6.06. The van der Waals surface area contributed by atoms with Gasteiger partial charge in [-0.1, -0.05) is 60.2 Å². The van der Waals surface area contributed by atoms with E-state index in [4.69, 9.17) is 4.52 Å². The molecule has 0 atom stereocenters. The zero-order valence-electron chi connectivity index (χ0n) is 15.0. The van der Waals surface area contributed by atoms with Crippen LogP contribution in [0.15, 0.2) is 58.2 Å². The number of nitrogens with zero attached hydrogens (tertiary/aromatic N) is 6. The number of aryl methyl sites for hydroxylation is 2. The van der Waals surface area contributed by atoms with Crippen LogP contribution in [0.3, 0.4) is 0 Å². The molecule has 0 spiro atoms. The average Bonchev–Trinajstić information content (AvgIpc) is 3.36. The van der Waals surface area contributed by atoms with Gasteiger partial charge in [-0.25, -0.2) is 0 Å². The van der Waals surface area contributed by atoms with Gasteiger partial charge in [0, 0.05) is 5.56 Å². The van der Waals surface area contributed by atoms with Crippen molar-refractivity contribution in [2.45, 2.75) is 31.2 Å². The summed E-state index contributed by atoms with van der Waals surface area (Å²) in [7, 11) is 0. The Morgan fingerprint density at radius 1 is 1.11 bits per heavy atom. The lowest BCUT2D eigenvalue weighted by molar-refractivity contribution is 0.391. The molecule has 2 heterocycles. The van der Waals surface area contributed by atoms with E-state index in [0.717, 1.165) is 23.2 Å². The van der Waals surface area contributed by atoms with Gasteiger partial charge in [0.1, 0.15) is 0 Å². The third-order valence-corrected chi connectivity index (χ3v) is 5.00. The molecule has 0 saturated carbocycles. The van der Waals surface area contributed by atoms with Crippen LogP contribution in [0.5, 0.6) is 0 Å². The number of rotatable bonds is 6. The smallest absolute Gasteiger partial charge is 0.237 e. The Morgan fingerprint density at radius 2 is 1.96 bits per heavy atom. The van der Waals surface area contributed by atoms with Crippen molar-refractivity contribution in [3.8, 4) is 17.1 Å². The maximum absolute atomic E-state index is 5.38. The highest BCUT2D eigenvalue weighted by molar-refractivity contribution is 7.98. The lowest BCUT2D eigenvalue weighted by Crippen LogP contribution is -1.99. The van der Waals surface area contributed by atoms with Crippen LogP contribution in [0.2, 0.25) is 0 Å². The third-order valence-electron chi connectivity index (χ3n) is 4.10. The molecule has 136 valence electrons. The van der Waals surface area contributed by atoms with Gasteiger partial charge in [-0.3, -0.25) is 0 Å². The number of hydrogen-bond acceptors (Lipinski definition) is 7. The summed E-state index contributed by atoms with van der Waals surface area (Å²) in [4.78, 5) is 4.48. The van der Waals surface area contributed by atoms with Crippen molar-refractivity contribution in [1.82, 2.24) is 30.3 Å². The van der Waals surface area contributed by atoms with E-state index in [1.165, 1.54) is 17.3 Å². The van der Waals surface area contributed by atoms with Gasteiger partial charge < -0.3 is 4.52 Å². The highest BCUT2D eigenvalue weighted by Gasteiger charge is 2.13. The van der Waals surface area contributed by atoms with E-state index in [-0.39, 0.29) is 0 Å². The topological polar surface area (TPSA) is 82.5 Å². The average molecular weight is 378 g/mol. The van der Waals surface area contributed by atoms with Gasteiger partial charge in [0.15, 0.2) is 0 Å². The second-order valence-corrected chi connectivity index (χ2v) is 7.01. The summed E-state index contributed by atoms with van der Waals surface area (Å²) in [5.74, 6) is 1.62. The Kier molecular flexibility index (Phi) is 4.97. The molecule has 4 rings (SSSR count). The number of benzene rings is 2. The molecule has 0 bridgehead atoms. The summed E-state index contributed by atoms with van der Waals surface area (Å²) < 4.78 is 7.09. The predicted molar refractivity (Wildman–Crippen MR) is 103 cm³/mol. The van der Waals surface area contributed by atoms with Crippen molar-refractivity contribution in [3.63, 3.8) is 0 Å². The van der Waals surface area contributed by atoms with Crippen LogP contribution in [0, 0.1) is 6.92 Å². The molecule has 0 unspecified atom stereocenters. The Labute approximate surface area is 160 Å². The minimum atomic E-state index is 0.492. The molecule has 0 amide bonds. The maximum atomic E-state index is 5.38. The standard InChI is InChI=1S/C19H18N6OS/c1-3-14-7-9-15(10-8-14)18-20-17(26-22-18)12-27-19-21-23-24-25(19)16-6-4-5-13(2)11-16/h4-11H,3,12H2,1-2H3. The number of hydrogen-bond donors (Lipinski definition) is 0. The fourth-order valence-corrected chi connectivity index (χ4v) is 3.37. The van der Waals surface area contributed by atoms with Crippen molar-refractivity contribution < 1.29 is 4.52 Å². The molecule has 0 aliphatic heterocycles. The summed E-state index contributed by atoms with van der Waals surface area (Å²) in [6, 6.07) is 16.2. The molecule has 4 aromatic rings. The minimum absolute atomic E-state index is 0.492. The number of thioether (sulfide) groups is 1. The number of aromatic nitrogens is 6. The Hall–Kier alpha value is -3.00. The van der Waals surface area contributed by atoms with Gasteiger partial charge in [0.2, 0.25) is 16.9 Å². The molecular formula is C19H18N6OS. The van der Waals surface area contributed by atoms with E-state index < -0.39 is 0 Å². The van der Waals surface area contributed by atoms with Crippen molar-refractivity contribution in [3.05, 3.63) is 65.5 Å². The number of tetrazole rings is 1. The predicted octanol–water partition coefficient (Wildman–Crippen LogP) is 3.88. The molecule has 0 aliphatic carbocycles. The van der Waals surface area contributed by atoms with Crippen LogP contribution in [0.25, 0.3) is 17.1 Å². The van der Waals surface area contributed by atoms with Crippen molar-refractivity contribution >= 4 is 11.8 Å². The van der Waals surface area contributed by atoms with Crippen LogP contribution >= 0.6 is 11.8 Å². The van der Waals surface area contributed by atoms with E-state index in [1.807, 2.05) is 43.3 Å². The molecule has 0 saturated heterocycles. The van der Waals surface area contributed by atoms with Gasteiger partial charge in [-0.15, -0.1) is 5.10 Å². The summed E-state index contributed by atoms with van der Waals surface area (Å²) in [5, 5.41) is 16.7. The molecule has 2 aromatic heterocycles. The quantitative estimate of drug-likeness (QED) is 0.471.